The number of hydrogen-bond acceptors (Lipinski definition) is 3. The molecule has 0 atom stereocenters. The number of nitrogens with one attached hydrogen (secondary N) is 2. The molecule has 0 aliphatic rings. The minimum absolute atomic E-state index is 0.127. The van der Waals surface area contributed by atoms with E-state index in [4.69, 9.17) is 0 Å². The minimum atomic E-state index is -3.11. The molecule has 14 heavy (non-hydrogen) atoms. The maximum Gasteiger partial charge on any atom is 0.212 e. The molecule has 0 unspecified atom stereocenters. The molecule has 5 heteroatoms. The maximum absolute atomic E-state index is 11.3. The first kappa shape index (κ1) is 13.6. The molecule has 0 rings (SSSR count). The molecule has 0 aromatic rings. The Balaban J connectivity index is 3.67. The van der Waals surface area contributed by atoms with Crippen LogP contribution >= 0.6 is 0 Å². The molecule has 0 amide bonds. The highest BCUT2D eigenvalue weighted by Crippen LogP contribution is 1.86. The fourth-order valence-electron chi connectivity index (χ4n) is 0.871. The van der Waals surface area contributed by atoms with Crippen molar-refractivity contribution in [1.29, 1.82) is 0 Å². The molecule has 84 valence electrons. The normalized spacial score (nSPS) is 11.9. The standard InChI is InChI=1S/C9H20N2O2S/c1-4-5-6-11-14(12,13)8-7-10-9(2)3/h4,9-11H,1,5-8H2,2-3H3. The fraction of sp³-hybridized carbons (Fsp3) is 0.778. The van der Waals surface area contributed by atoms with Crippen LogP contribution in [0.3, 0.4) is 0 Å². The van der Waals surface area contributed by atoms with Crippen LogP contribution in [0.15, 0.2) is 12.7 Å². The SMILES string of the molecule is C=CCCNS(=O)(=O)CCNC(C)C. The summed E-state index contributed by atoms with van der Waals surface area (Å²) in [5, 5.41) is 3.05. The lowest BCUT2D eigenvalue weighted by Crippen LogP contribution is -2.34. The van der Waals surface area contributed by atoms with Gasteiger partial charge in [0, 0.05) is 19.1 Å². The summed E-state index contributed by atoms with van der Waals surface area (Å²) < 4.78 is 25.1. The first-order valence-corrected chi connectivity index (χ1v) is 6.45. The second kappa shape index (κ2) is 6.98. The summed E-state index contributed by atoms with van der Waals surface area (Å²) >= 11 is 0. The summed E-state index contributed by atoms with van der Waals surface area (Å²) in [7, 11) is -3.11. The number of hydrogen-bond donors (Lipinski definition) is 2. The topological polar surface area (TPSA) is 58.2 Å². The van der Waals surface area contributed by atoms with Crippen molar-refractivity contribution < 1.29 is 8.42 Å². The van der Waals surface area contributed by atoms with Gasteiger partial charge in [0.05, 0.1) is 5.75 Å². The Morgan fingerprint density at radius 1 is 1.36 bits per heavy atom. The van der Waals surface area contributed by atoms with Gasteiger partial charge in [0.15, 0.2) is 0 Å². The van der Waals surface area contributed by atoms with Gasteiger partial charge in [-0.05, 0) is 6.42 Å². The van der Waals surface area contributed by atoms with Gasteiger partial charge in [0.25, 0.3) is 0 Å². The number of sulfonamides is 1. The van der Waals surface area contributed by atoms with Gasteiger partial charge < -0.3 is 5.32 Å². The van der Waals surface area contributed by atoms with Crippen LogP contribution in [0.1, 0.15) is 20.3 Å². The van der Waals surface area contributed by atoms with Gasteiger partial charge in [-0.25, -0.2) is 13.1 Å². The van der Waals surface area contributed by atoms with Gasteiger partial charge in [-0.15, -0.1) is 6.58 Å². The van der Waals surface area contributed by atoms with Crippen LogP contribution in [0.4, 0.5) is 0 Å². The van der Waals surface area contributed by atoms with E-state index in [1.165, 1.54) is 0 Å². The molecule has 0 radical (unpaired) electrons. The highest BCUT2D eigenvalue weighted by molar-refractivity contribution is 7.89. The third-order valence-electron chi connectivity index (χ3n) is 1.59. The van der Waals surface area contributed by atoms with Crippen molar-refractivity contribution in [3.8, 4) is 0 Å². The van der Waals surface area contributed by atoms with Gasteiger partial charge in [-0.3, -0.25) is 0 Å². The van der Waals surface area contributed by atoms with Crippen molar-refractivity contribution in [2.45, 2.75) is 26.3 Å². The summed E-state index contributed by atoms with van der Waals surface area (Å²) in [6.07, 6.45) is 2.35. The number of rotatable bonds is 8. The zero-order chi connectivity index (χ0) is 11.0. The highest BCUT2D eigenvalue weighted by Gasteiger charge is 2.08. The predicted octanol–water partition coefficient (Wildman–Crippen LogP) is 0.480. The van der Waals surface area contributed by atoms with Crippen molar-refractivity contribution in [2.24, 2.45) is 0 Å². The molecule has 0 aromatic carbocycles. The molecular weight excluding hydrogens is 200 g/mol. The van der Waals surface area contributed by atoms with E-state index in [9.17, 15) is 8.42 Å². The zero-order valence-corrected chi connectivity index (χ0v) is 9.73. The third kappa shape index (κ3) is 8.22. The summed E-state index contributed by atoms with van der Waals surface area (Å²) in [6, 6.07) is 0.318. The average Bonchev–Trinajstić information content (AvgIpc) is 2.03. The second-order valence-electron chi connectivity index (χ2n) is 3.40. The lowest BCUT2D eigenvalue weighted by molar-refractivity contribution is 0.567. The fourth-order valence-corrected chi connectivity index (χ4v) is 1.83. The minimum Gasteiger partial charge on any atom is -0.313 e. The van der Waals surface area contributed by atoms with Gasteiger partial charge in [0.2, 0.25) is 10.0 Å². The molecule has 0 spiro atoms. The van der Waals surface area contributed by atoms with E-state index in [-0.39, 0.29) is 5.75 Å². The van der Waals surface area contributed by atoms with E-state index in [0.717, 1.165) is 0 Å². The molecule has 0 saturated carbocycles. The zero-order valence-electron chi connectivity index (χ0n) is 8.91. The van der Waals surface area contributed by atoms with Crippen molar-refractivity contribution in [1.82, 2.24) is 10.0 Å². The van der Waals surface area contributed by atoms with Crippen LogP contribution in [-0.4, -0.2) is 33.3 Å². The molecule has 0 bridgehead atoms. The van der Waals surface area contributed by atoms with Crippen LogP contribution in [0.25, 0.3) is 0 Å². The van der Waals surface area contributed by atoms with E-state index in [1.807, 2.05) is 13.8 Å². The van der Waals surface area contributed by atoms with Crippen molar-refractivity contribution in [3.05, 3.63) is 12.7 Å². The van der Waals surface area contributed by atoms with Crippen molar-refractivity contribution in [2.75, 3.05) is 18.8 Å². The van der Waals surface area contributed by atoms with Crippen LogP contribution in [0.2, 0.25) is 0 Å². The molecule has 0 fully saturated rings. The van der Waals surface area contributed by atoms with E-state index in [2.05, 4.69) is 16.6 Å². The molecule has 0 saturated heterocycles. The Labute approximate surface area is 86.8 Å². The van der Waals surface area contributed by atoms with Crippen LogP contribution in [0.5, 0.6) is 0 Å². The second-order valence-corrected chi connectivity index (χ2v) is 5.33. The van der Waals surface area contributed by atoms with Gasteiger partial charge >= 0.3 is 0 Å². The summed E-state index contributed by atoms with van der Waals surface area (Å²) in [6.45, 7) is 8.41. The Kier molecular flexibility index (Phi) is 6.78. The highest BCUT2D eigenvalue weighted by atomic mass is 32.2. The first-order chi connectivity index (χ1) is 6.48. The summed E-state index contributed by atoms with van der Waals surface area (Å²) in [5.41, 5.74) is 0. The van der Waals surface area contributed by atoms with Gasteiger partial charge in [0.1, 0.15) is 0 Å². The van der Waals surface area contributed by atoms with E-state index < -0.39 is 10.0 Å². The molecule has 4 nitrogen and oxygen atoms in total. The Morgan fingerprint density at radius 3 is 2.50 bits per heavy atom. The Morgan fingerprint density at radius 2 is 2.00 bits per heavy atom. The Hall–Kier alpha value is -0.390. The molecule has 0 aliphatic carbocycles. The largest absolute Gasteiger partial charge is 0.313 e. The van der Waals surface area contributed by atoms with E-state index in [0.29, 0.717) is 25.6 Å². The van der Waals surface area contributed by atoms with E-state index in [1.54, 1.807) is 6.08 Å². The van der Waals surface area contributed by atoms with Crippen LogP contribution in [-0.2, 0) is 10.0 Å². The maximum atomic E-state index is 11.3. The average molecular weight is 220 g/mol. The molecule has 0 aromatic heterocycles. The van der Waals surface area contributed by atoms with Crippen molar-refractivity contribution in [3.63, 3.8) is 0 Å². The van der Waals surface area contributed by atoms with E-state index >= 15 is 0 Å². The lowest BCUT2D eigenvalue weighted by Gasteiger charge is -2.08. The first-order valence-electron chi connectivity index (χ1n) is 4.79. The molecular formula is C9H20N2O2S. The van der Waals surface area contributed by atoms with Gasteiger partial charge in [-0.1, -0.05) is 19.9 Å². The molecule has 0 aliphatic heterocycles. The van der Waals surface area contributed by atoms with Gasteiger partial charge in [-0.2, -0.15) is 0 Å². The third-order valence-corrected chi connectivity index (χ3v) is 2.98. The lowest BCUT2D eigenvalue weighted by atomic mass is 10.4. The summed E-state index contributed by atoms with van der Waals surface area (Å²) in [4.78, 5) is 0. The monoisotopic (exact) mass is 220 g/mol. The Bertz CT molecular complexity index is 248. The predicted molar refractivity (Wildman–Crippen MR) is 59.7 cm³/mol. The summed E-state index contributed by atoms with van der Waals surface area (Å²) in [5.74, 6) is 0.127. The smallest absolute Gasteiger partial charge is 0.212 e. The quantitative estimate of drug-likeness (QED) is 0.462. The molecule has 0 heterocycles. The van der Waals surface area contributed by atoms with Crippen LogP contribution < -0.4 is 10.0 Å². The molecule has 2 N–H and O–H groups in total. The van der Waals surface area contributed by atoms with Crippen LogP contribution in [0, 0.1) is 0 Å². The van der Waals surface area contributed by atoms with Crippen molar-refractivity contribution >= 4 is 10.0 Å².